The van der Waals surface area contributed by atoms with Gasteiger partial charge < -0.3 is 19.9 Å². The number of hydrogen-bond acceptors (Lipinski definition) is 6. The summed E-state index contributed by atoms with van der Waals surface area (Å²) in [5.41, 5.74) is 4.80. The molecule has 0 bridgehead atoms. The number of methoxy groups -OCH3 is 2. The molecule has 0 saturated carbocycles. The second kappa shape index (κ2) is 6.98. The largest absolute Gasteiger partial charge is 0.496 e. The Morgan fingerprint density at radius 2 is 1.70 bits per heavy atom. The van der Waals surface area contributed by atoms with E-state index in [1.165, 1.54) is 14.2 Å². The first-order chi connectivity index (χ1) is 9.49. The van der Waals surface area contributed by atoms with Gasteiger partial charge in [-0.1, -0.05) is 6.07 Å². The fraction of sp³-hybridized carbons (Fsp3) is 0.250. The van der Waals surface area contributed by atoms with Gasteiger partial charge in [-0.25, -0.2) is 9.59 Å². The first-order valence-electron chi connectivity index (χ1n) is 5.47. The predicted molar refractivity (Wildman–Crippen MR) is 67.6 cm³/mol. The lowest BCUT2D eigenvalue weighted by Gasteiger charge is -2.12. The van der Waals surface area contributed by atoms with E-state index in [9.17, 15) is 14.4 Å². The number of carbonyl (C=O) groups is 3. The topological polar surface area (TPSA) is 117 Å². The highest BCUT2D eigenvalue weighted by molar-refractivity contribution is 5.98. The second-order valence-corrected chi connectivity index (χ2v) is 3.53. The Hall–Kier alpha value is -2.77. The third kappa shape index (κ3) is 3.87. The molecule has 0 aromatic heterocycles. The van der Waals surface area contributed by atoms with Crippen LogP contribution in [0.3, 0.4) is 0 Å². The van der Waals surface area contributed by atoms with E-state index in [-0.39, 0.29) is 17.1 Å². The molecule has 1 aromatic carbocycles. The Morgan fingerprint density at radius 3 is 2.15 bits per heavy atom. The number of imide groups is 1. The number of nitrogens with two attached hydrogens (primary N) is 1. The predicted octanol–water partition coefficient (Wildman–Crippen LogP) is 0.0555. The van der Waals surface area contributed by atoms with Gasteiger partial charge in [0.2, 0.25) is 0 Å². The lowest BCUT2D eigenvalue weighted by Crippen LogP contribution is -2.37. The van der Waals surface area contributed by atoms with E-state index < -0.39 is 24.5 Å². The van der Waals surface area contributed by atoms with Crippen LogP contribution in [0.5, 0.6) is 11.5 Å². The zero-order chi connectivity index (χ0) is 15.1. The number of carbonyl (C=O) groups excluding carboxylic acids is 3. The van der Waals surface area contributed by atoms with Crippen LogP contribution in [-0.2, 0) is 9.53 Å². The molecule has 8 nitrogen and oxygen atoms in total. The summed E-state index contributed by atoms with van der Waals surface area (Å²) in [7, 11) is 2.76. The van der Waals surface area contributed by atoms with E-state index in [0.29, 0.717) is 0 Å². The van der Waals surface area contributed by atoms with Gasteiger partial charge in [-0.05, 0) is 12.1 Å². The van der Waals surface area contributed by atoms with Crippen LogP contribution in [0.2, 0.25) is 0 Å². The molecule has 0 atom stereocenters. The van der Waals surface area contributed by atoms with Crippen molar-refractivity contribution in [1.82, 2.24) is 5.32 Å². The van der Waals surface area contributed by atoms with Crippen LogP contribution in [-0.4, -0.2) is 38.7 Å². The molecular weight excluding hydrogens is 268 g/mol. The Morgan fingerprint density at radius 1 is 1.15 bits per heavy atom. The molecule has 8 heteroatoms. The van der Waals surface area contributed by atoms with Crippen LogP contribution in [0, 0.1) is 0 Å². The van der Waals surface area contributed by atoms with Gasteiger partial charge >= 0.3 is 12.0 Å². The van der Waals surface area contributed by atoms with E-state index in [1.54, 1.807) is 23.5 Å². The van der Waals surface area contributed by atoms with Crippen LogP contribution in [0.4, 0.5) is 4.79 Å². The van der Waals surface area contributed by atoms with Gasteiger partial charge in [-0.15, -0.1) is 0 Å². The molecule has 20 heavy (non-hydrogen) atoms. The number of hydrogen-bond donors (Lipinski definition) is 2. The Kier molecular flexibility index (Phi) is 5.33. The lowest BCUT2D eigenvalue weighted by molar-refractivity contribution is -0.123. The normalized spacial score (nSPS) is 9.50. The Balaban J connectivity index is 2.82. The van der Waals surface area contributed by atoms with Crippen LogP contribution in [0.1, 0.15) is 10.4 Å². The second-order valence-electron chi connectivity index (χ2n) is 3.53. The average molecular weight is 282 g/mol. The summed E-state index contributed by atoms with van der Waals surface area (Å²) in [6.07, 6.45) is 0. The van der Waals surface area contributed by atoms with Gasteiger partial charge in [0.1, 0.15) is 17.1 Å². The third-order valence-corrected chi connectivity index (χ3v) is 2.23. The number of nitrogens with one attached hydrogen (secondary N) is 1. The molecule has 1 rings (SSSR count). The molecule has 0 aliphatic rings. The van der Waals surface area contributed by atoms with Crippen molar-refractivity contribution in [2.24, 2.45) is 5.73 Å². The number of ether oxygens (including phenoxy) is 3. The monoisotopic (exact) mass is 282 g/mol. The molecule has 108 valence electrons. The van der Waals surface area contributed by atoms with E-state index in [0.717, 1.165) is 0 Å². The lowest BCUT2D eigenvalue weighted by atomic mass is 10.2. The van der Waals surface area contributed by atoms with Gasteiger partial charge in [-0.3, -0.25) is 10.1 Å². The molecule has 0 fully saturated rings. The van der Waals surface area contributed by atoms with Gasteiger partial charge in [0, 0.05) is 0 Å². The number of esters is 1. The van der Waals surface area contributed by atoms with Crippen molar-refractivity contribution in [2.45, 2.75) is 0 Å². The zero-order valence-electron chi connectivity index (χ0n) is 11.0. The van der Waals surface area contributed by atoms with Crippen LogP contribution in [0.15, 0.2) is 18.2 Å². The van der Waals surface area contributed by atoms with Crippen molar-refractivity contribution >= 4 is 17.9 Å². The number of amides is 3. The minimum absolute atomic E-state index is 0.0457. The van der Waals surface area contributed by atoms with E-state index >= 15 is 0 Å². The van der Waals surface area contributed by atoms with E-state index in [4.69, 9.17) is 19.9 Å². The minimum Gasteiger partial charge on any atom is -0.496 e. The third-order valence-electron chi connectivity index (χ3n) is 2.23. The minimum atomic E-state index is -1.03. The van der Waals surface area contributed by atoms with Gasteiger partial charge in [0.25, 0.3) is 5.91 Å². The number of primary amides is 1. The first kappa shape index (κ1) is 15.3. The first-order valence-corrected chi connectivity index (χ1v) is 5.47. The van der Waals surface area contributed by atoms with Crippen molar-refractivity contribution in [3.63, 3.8) is 0 Å². The van der Waals surface area contributed by atoms with Gasteiger partial charge in [0.05, 0.1) is 14.2 Å². The highest BCUT2D eigenvalue weighted by Gasteiger charge is 2.20. The average Bonchev–Trinajstić information content (AvgIpc) is 2.42. The summed E-state index contributed by atoms with van der Waals surface area (Å²) >= 11 is 0. The fourth-order valence-corrected chi connectivity index (χ4v) is 1.43. The molecule has 3 N–H and O–H groups in total. The van der Waals surface area contributed by atoms with Crippen LogP contribution < -0.4 is 20.5 Å². The van der Waals surface area contributed by atoms with Crippen molar-refractivity contribution in [1.29, 1.82) is 0 Å². The molecular formula is C12H14N2O6. The Labute approximate surface area is 114 Å². The maximum absolute atomic E-state index is 11.9. The molecule has 0 aliphatic heterocycles. The SMILES string of the molecule is COc1cccc(OC)c1C(=O)OCC(=O)NC(N)=O. The smallest absolute Gasteiger partial charge is 0.346 e. The van der Waals surface area contributed by atoms with Crippen LogP contribution in [0.25, 0.3) is 0 Å². The summed E-state index contributed by atoms with van der Waals surface area (Å²) in [4.78, 5) is 33.5. The van der Waals surface area contributed by atoms with Crippen molar-refractivity contribution in [3.05, 3.63) is 23.8 Å². The molecule has 0 aliphatic carbocycles. The molecule has 0 spiro atoms. The van der Waals surface area contributed by atoms with Crippen molar-refractivity contribution in [3.8, 4) is 11.5 Å². The summed E-state index contributed by atoms with van der Waals surface area (Å²) in [5.74, 6) is -1.17. The van der Waals surface area contributed by atoms with E-state index in [1.807, 2.05) is 0 Å². The summed E-state index contributed by atoms with van der Waals surface area (Å²) < 4.78 is 14.8. The Bertz CT molecular complexity index is 506. The fourth-order valence-electron chi connectivity index (χ4n) is 1.43. The molecule has 0 unspecified atom stereocenters. The molecule has 1 aromatic rings. The van der Waals surface area contributed by atoms with Crippen LogP contribution >= 0.6 is 0 Å². The summed E-state index contributed by atoms with van der Waals surface area (Å²) in [5, 5.41) is 1.77. The maximum Gasteiger partial charge on any atom is 0.346 e. The van der Waals surface area contributed by atoms with E-state index in [2.05, 4.69) is 0 Å². The standard InChI is InChI=1S/C12H14N2O6/c1-18-7-4-3-5-8(19-2)10(7)11(16)20-6-9(15)14-12(13)17/h3-5H,6H2,1-2H3,(H3,13,14,15,17). The van der Waals surface area contributed by atoms with Crippen molar-refractivity contribution < 1.29 is 28.6 Å². The zero-order valence-corrected chi connectivity index (χ0v) is 11.0. The number of urea groups is 1. The highest BCUT2D eigenvalue weighted by Crippen LogP contribution is 2.28. The molecule has 0 radical (unpaired) electrons. The number of rotatable bonds is 5. The maximum atomic E-state index is 11.9. The molecule has 0 heterocycles. The summed E-state index contributed by atoms with van der Waals surface area (Å²) in [6, 6.07) is 3.69. The van der Waals surface area contributed by atoms with Gasteiger partial charge in [0.15, 0.2) is 6.61 Å². The quantitative estimate of drug-likeness (QED) is 0.737. The molecule has 0 saturated heterocycles. The molecule has 3 amide bonds. The van der Waals surface area contributed by atoms with Crippen molar-refractivity contribution in [2.75, 3.05) is 20.8 Å². The van der Waals surface area contributed by atoms with Gasteiger partial charge in [-0.2, -0.15) is 0 Å². The summed E-state index contributed by atoms with van der Waals surface area (Å²) in [6.45, 7) is -0.650. The highest BCUT2D eigenvalue weighted by atomic mass is 16.5. The number of benzene rings is 1.